The van der Waals surface area contributed by atoms with Crippen molar-refractivity contribution in [1.29, 1.82) is 0 Å². The minimum atomic E-state index is -0.467. The van der Waals surface area contributed by atoms with E-state index in [1.54, 1.807) is 0 Å². The molecular formula is C9H19NO. The van der Waals surface area contributed by atoms with E-state index in [9.17, 15) is 5.11 Å². The lowest BCUT2D eigenvalue weighted by atomic mass is 9.87. The van der Waals surface area contributed by atoms with Crippen LogP contribution in [0, 0.1) is 5.92 Å². The van der Waals surface area contributed by atoms with Crippen molar-refractivity contribution in [2.45, 2.75) is 45.3 Å². The number of nitrogens with one attached hydrogen (secondary N) is 1. The number of aliphatic hydroxyl groups is 1. The number of β-amino-alcohol motifs (C(OH)–C–C–N with tert-alkyl or cyclic N) is 1. The van der Waals surface area contributed by atoms with Gasteiger partial charge in [-0.05, 0) is 25.7 Å². The average Bonchev–Trinajstić information content (AvgIpc) is 1.86. The van der Waals surface area contributed by atoms with Gasteiger partial charge in [-0.2, -0.15) is 0 Å². The van der Waals surface area contributed by atoms with Gasteiger partial charge in [0.1, 0.15) is 0 Å². The third kappa shape index (κ3) is 2.46. The van der Waals surface area contributed by atoms with Crippen LogP contribution in [0.2, 0.25) is 0 Å². The maximum absolute atomic E-state index is 9.61. The summed E-state index contributed by atoms with van der Waals surface area (Å²) in [6.07, 6.45) is 2.04. The summed E-state index contributed by atoms with van der Waals surface area (Å²) in [5.74, 6) is 0.686. The molecule has 0 aromatic carbocycles. The summed E-state index contributed by atoms with van der Waals surface area (Å²) in [6.45, 7) is 7.09. The standard InChI is InChI=1S/C9H19NO/c1-7(2)8-4-5-9(3,11)6-10-8/h7-8,10-11H,4-6H2,1-3H3. The Morgan fingerprint density at radius 3 is 2.55 bits per heavy atom. The zero-order chi connectivity index (χ0) is 8.48. The fourth-order valence-corrected chi connectivity index (χ4v) is 1.58. The van der Waals surface area contributed by atoms with Crippen LogP contribution in [0.25, 0.3) is 0 Å². The first-order valence-corrected chi connectivity index (χ1v) is 4.47. The fourth-order valence-electron chi connectivity index (χ4n) is 1.58. The van der Waals surface area contributed by atoms with Gasteiger partial charge in [0.05, 0.1) is 5.60 Å². The minimum absolute atomic E-state index is 0.467. The van der Waals surface area contributed by atoms with Crippen molar-refractivity contribution < 1.29 is 5.11 Å². The van der Waals surface area contributed by atoms with Crippen molar-refractivity contribution in [2.24, 2.45) is 5.92 Å². The molecule has 0 amide bonds. The van der Waals surface area contributed by atoms with Crippen LogP contribution in [0.5, 0.6) is 0 Å². The molecule has 0 spiro atoms. The van der Waals surface area contributed by atoms with Crippen LogP contribution in [0.3, 0.4) is 0 Å². The first kappa shape index (κ1) is 9.01. The Hall–Kier alpha value is -0.0800. The molecule has 1 heterocycles. The van der Waals surface area contributed by atoms with E-state index in [1.165, 1.54) is 0 Å². The molecule has 2 heteroatoms. The van der Waals surface area contributed by atoms with Gasteiger partial charge in [-0.1, -0.05) is 13.8 Å². The molecule has 1 aliphatic rings. The predicted molar refractivity (Wildman–Crippen MR) is 46.5 cm³/mol. The zero-order valence-corrected chi connectivity index (χ0v) is 7.72. The van der Waals surface area contributed by atoms with Gasteiger partial charge in [0, 0.05) is 12.6 Å². The SMILES string of the molecule is CC(C)C1CCC(C)(O)CN1. The van der Waals surface area contributed by atoms with Gasteiger partial charge >= 0.3 is 0 Å². The number of piperidine rings is 1. The average molecular weight is 157 g/mol. The van der Waals surface area contributed by atoms with E-state index in [2.05, 4.69) is 19.2 Å². The first-order chi connectivity index (χ1) is 5.01. The highest BCUT2D eigenvalue weighted by Gasteiger charge is 2.29. The second kappa shape index (κ2) is 3.11. The summed E-state index contributed by atoms with van der Waals surface area (Å²) in [5.41, 5.74) is -0.467. The smallest absolute Gasteiger partial charge is 0.0744 e. The van der Waals surface area contributed by atoms with Crippen LogP contribution in [0.4, 0.5) is 0 Å². The van der Waals surface area contributed by atoms with Gasteiger partial charge in [0.25, 0.3) is 0 Å². The van der Waals surface area contributed by atoms with Crippen molar-refractivity contribution >= 4 is 0 Å². The third-order valence-corrected chi connectivity index (χ3v) is 2.54. The number of hydrogen-bond donors (Lipinski definition) is 2. The van der Waals surface area contributed by atoms with Crippen molar-refractivity contribution in [3.63, 3.8) is 0 Å². The molecule has 1 fully saturated rings. The Morgan fingerprint density at radius 2 is 2.18 bits per heavy atom. The summed E-state index contributed by atoms with van der Waals surface area (Å²) < 4.78 is 0. The lowest BCUT2D eigenvalue weighted by Gasteiger charge is -2.36. The highest BCUT2D eigenvalue weighted by Crippen LogP contribution is 2.21. The lowest BCUT2D eigenvalue weighted by Crippen LogP contribution is -2.50. The molecule has 1 aliphatic heterocycles. The monoisotopic (exact) mass is 157 g/mol. The fraction of sp³-hybridized carbons (Fsp3) is 1.00. The molecule has 1 saturated heterocycles. The summed E-state index contributed by atoms with van der Waals surface area (Å²) >= 11 is 0. The molecule has 2 nitrogen and oxygen atoms in total. The van der Waals surface area contributed by atoms with E-state index >= 15 is 0 Å². The molecular weight excluding hydrogens is 138 g/mol. The molecule has 0 aromatic rings. The maximum atomic E-state index is 9.61. The topological polar surface area (TPSA) is 32.3 Å². The quantitative estimate of drug-likeness (QED) is 0.598. The second-order valence-electron chi connectivity index (χ2n) is 4.27. The Morgan fingerprint density at radius 1 is 1.55 bits per heavy atom. The van der Waals surface area contributed by atoms with Crippen LogP contribution < -0.4 is 5.32 Å². The summed E-state index contributed by atoms with van der Waals surface area (Å²) in [5, 5.41) is 13.0. The molecule has 0 radical (unpaired) electrons. The van der Waals surface area contributed by atoms with Crippen LogP contribution >= 0.6 is 0 Å². The number of hydrogen-bond acceptors (Lipinski definition) is 2. The zero-order valence-electron chi connectivity index (χ0n) is 7.72. The molecule has 0 saturated carbocycles. The molecule has 66 valence electrons. The predicted octanol–water partition coefficient (Wildman–Crippen LogP) is 1.15. The van der Waals surface area contributed by atoms with E-state index in [1.807, 2.05) is 6.92 Å². The molecule has 1 rings (SSSR count). The summed E-state index contributed by atoms with van der Waals surface area (Å²) in [6, 6.07) is 0.607. The van der Waals surface area contributed by atoms with Gasteiger partial charge in [-0.15, -0.1) is 0 Å². The molecule has 11 heavy (non-hydrogen) atoms. The Bertz CT molecular complexity index is 122. The molecule has 2 atom stereocenters. The summed E-state index contributed by atoms with van der Waals surface area (Å²) in [4.78, 5) is 0. The van der Waals surface area contributed by atoms with Gasteiger partial charge in [0.2, 0.25) is 0 Å². The van der Waals surface area contributed by atoms with E-state index in [-0.39, 0.29) is 0 Å². The Balaban J connectivity index is 2.36. The van der Waals surface area contributed by atoms with E-state index in [4.69, 9.17) is 0 Å². The second-order valence-corrected chi connectivity index (χ2v) is 4.27. The highest BCUT2D eigenvalue weighted by molar-refractivity contribution is 4.86. The largest absolute Gasteiger partial charge is 0.389 e. The molecule has 0 aliphatic carbocycles. The van der Waals surface area contributed by atoms with E-state index in [0.29, 0.717) is 12.0 Å². The normalized spacial score (nSPS) is 39.5. The van der Waals surface area contributed by atoms with Crippen molar-refractivity contribution in [2.75, 3.05) is 6.54 Å². The van der Waals surface area contributed by atoms with Gasteiger partial charge in [-0.3, -0.25) is 0 Å². The number of rotatable bonds is 1. The summed E-state index contributed by atoms with van der Waals surface area (Å²) in [7, 11) is 0. The highest BCUT2D eigenvalue weighted by atomic mass is 16.3. The van der Waals surface area contributed by atoms with Crippen molar-refractivity contribution in [3.05, 3.63) is 0 Å². The lowest BCUT2D eigenvalue weighted by molar-refractivity contribution is 0.0190. The Labute approximate surface area is 69.0 Å². The van der Waals surface area contributed by atoms with E-state index in [0.717, 1.165) is 19.4 Å². The van der Waals surface area contributed by atoms with Crippen molar-refractivity contribution in [1.82, 2.24) is 5.32 Å². The van der Waals surface area contributed by atoms with Crippen LogP contribution in [0.15, 0.2) is 0 Å². The Kier molecular flexibility index (Phi) is 2.55. The third-order valence-electron chi connectivity index (χ3n) is 2.54. The van der Waals surface area contributed by atoms with Gasteiger partial charge in [0.15, 0.2) is 0 Å². The van der Waals surface area contributed by atoms with Crippen LogP contribution in [-0.2, 0) is 0 Å². The van der Waals surface area contributed by atoms with Gasteiger partial charge in [-0.25, -0.2) is 0 Å². The molecule has 0 bridgehead atoms. The van der Waals surface area contributed by atoms with Crippen LogP contribution in [-0.4, -0.2) is 23.3 Å². The van der Waals surface area contributed by atoms with Crippen molar-refractivity contribution in [3.8, 4) is 0 Å². The van der Waals surface area contributed by atoms with E-state index < -0.39 is 5.60 Å². The molecule has 2 N–H and O–H groups in total. The van der Waals surface area contributed by atoms with Crippen LogP contribution in [0.1, 0.15) is 33.6 Å². The first-order valence-electron chi connectivity index (χ1n) is 4.47. The van der Waals surface area contributed by atoms with Gasteiger partial charge < -0.3 is 10.4 Å². The maximum Gasteiger partial charge on any atom is 0.0744 e. The minimum Gasteiger partial charge on any atom is -0.389 e. The molecule has 0 aromatic heterocycles. The molecule has 2 unspecified atom stereocenters.